The van der Waals surface area contributed by atoms with Crippen LogP contribution >= 0.6 is 7.82 Å². The fourth-order valence-corrected chi connectivity index (χ4v) is 2.07. The third kappa shape index (κ3) is 5.39. The second-order valence-corrected chi connectivity index (χ2v) is 4.56. The first-order chi connectivity index (χ1) is 7.39. The van der Waals surface area contributed by atoms with E-state index in [2.05, 4.69) is 0 Å². The SMILES string of the molecule is CCN(CC)C(OP(=O)(O)O)N(CC)CC. The van der Waals surface area contributed by atoms with E-state index >= 15 is 0 Å². The Morgan fingerprint density at radius 1 is 1.00 bits per heavy atom. The topological polar surface area (TPSA) is 73.2 Å². The molecule has 0 amide bonds. The summed E-state index contributed by atoms with van der Waals surface area (Å²) in [4.78, 5) is 21.5. The van der Waals surface area contributed by atoms with Crippen LogP contribution in [0, 0.1) is 0 Å². The van der Waals surface area contributed by atoms with Crippen LogP contribution in [0.15, 0.2) is 0 Å². The molecule has 0 aromatic rings. The highest BCUT2D eigenvalue weighted by Crippen LogP contribution is 2.38. The van der Waals surface area contributed by atoms with E-state index in [0.29, 0.717) is 26.2 Å². The van der Waals surface area contributed by atoms with E-state index in [1.165, 1.54) is 0 Å². The van der Waals surface area contributed by atoms with Gasteiger partial charge in [-0.1, -0.05) is 27.7 Å². The van der Waals surface area contributed by atoms with Crippen LogP contribution in [0.2, 0.25) is 0 Å². The summed E-state index contributed by atoms with van der Waals surface area (Å²) in [6, 6.07) is 0. The van der Waals surface area contributed by atoms with Crippen molar-refractivity contribution in [1.29, 1.82) is 0 Å². The van der Waals surface area contributed by atoms with Crippen LogP contribution in [0.3, 0.4) is 0 Å². The van der Waals surface area contributed by atoms with Crippen molar-refractivity contribution in [2.45, 2.75) is 34.0 Å². The van der Waals surface area contributed by atoms with Gasteiger partial charge in [0.25, 0.3) is 0 Å². The Balaban J connectivity index is 4.80. The van der Waals surface area contributed by atoms with Gasteiger partial charge >= 0.3 is 7.82 Å². The molecule has 0 heterocycles. The fraction of sp³-hybridized carbons (Fsp3) is 1.00. The zero-order valence-corrected chi connectivity index (χ0v) is 11.4. The molecule has 0 aromatic heterocycles. The van der Waals surface area contributed by atoms with Crippen LogP contribution in [-0.4, -0.2) is 52.1 Å². The third-order valence-electron chi connectivity index (χ3n) is 2.48. The van der Waals surface area contributed by atoms with Gasteiger partial charge in [0.15, 0.2) is 6.35 Å². The van der Waals surface area contributed by atoms with Crippen molar-refractivity contribution in [2.75, 3.05) is 26.2 Å². The number of phosphoric acid groups is 1. The summed E-state index contributed by atoms with van der Waals surface area (Å²) in [6.07, 6.45) is -0.661. The highest BCUT2D eigenvalue weighted by molar-refractivity contribution is 7.46. The summed E-state index contributed by atoms with van der Waals surface area (Å²) >= 11 is 0. The van der Waals surface area contributed by atoms with Crippen LogP contribution in [0.25, 0.3) is 0 Å². The van der Waals surface area contributed by atoms with Crippen molar-refractivity contribution in [1.82, 2.24) is 9.80 Å². The van der Waals surface area contributed by atoms with E-state index in [1.54, 1.807) is 0 Å². The monoisotopic (exact) mass is 254 g/mol. The quantitative estimate of drug-likeness (QED) is 0.498. The number of rotatable bonds is 8. The molecular weight excluding hydrogens is 231 g/mol. The average Bonchev–Trinajstić information content (AvgIpc) is 2.19. The average molecular weight is 254 g/mol. The van der Waals surface area contributed by atoms with E-state index in [0.717, 1.165) is 0 Å². The molecule has 0 saturated carbocycles. The number of phosphoric ester groups is 1. The lowest BCUT2D eigenvalue weighted by atomic mass is 10.4. The first-order valence-corrected chi connectivity index (χ1v) is 7.14. The van der Waals surface area contributed by atoms with Crippen molar-refractivity contribution >= 4 is 7.82 Å². The molecule has 6 nitrogen and oxygen atoms in total. The van der Waals surface area contributed by atoms with Crippen LogP contribution in [0.1, 0.15) is 27.7 Å². The first kappa shape index (κ1) is 16.0. The summed E-state index contributed by atoms with van der Waals surface area (Å²) in [5.41, 5.74) is 0. The molecule has 0 unspecified atom stereocenters. The standard InChI is InChI=1S/C9H23N2O4P/c1-5-10(6-2)9(11(7-3)8-4)15-16(12,13)14/h9H,5-8H2,1-4H3,(H2,12,13,14). The molecule has 0 spiro atoms. The summed E-state index contributed by atoms with van der Waals surface area (Å²) in [6.45, 7) is 10.4. The second-order valence-electron chi connectivity index (χ2n) is 3.36. The van der Waals surface area contributed by atoms with Gasteiger partial charge < -0.3 is 9.79 Å². The van der Waals surface area contributed by atoms with Gasteiger partial charge in [0, 0.05) is 0 Å². The fourth-order valence-electron chi connectivity index (χ4n) is 1.56. The summed E-state index contributed by atoms with van der Waals surface area (Å²) in [7, 11) is -4.47. The van der Waals surface area contributed by atoms with Gasteiger partial charge in [-0.05, 0) is 26.2 Å². The number of nitrogens with zero attached hydrogens (tertiary/aromatic N) is 2. The maximum Gasteiger partial charge on any atom is 0.472 e. The first-order valence-electron chi connectivity index (χ1n) is 5.61. The highest BCUT2D eigenvalue weighted by Gasteiger charge is 2.29. The molecule has 2 N–H and O–H groups in total. The van der Waals surface area contributed by atoms with Gasteiger partial charge in [-0.2, -0.15) is 0 Å². The smallest absolute Gasteiger partial charge is 0.303 e. The molecule has 0 aliphatic carbocycles. The van der Waals surface area contributed by atoms with Crippen LogP contribution in [0.4, 0.5) is 0 Å². The van der Waals surface area contributed by atoms with Crippen molar-refractivity contribution in [2.24, 2.45) is 0 Å². The van der Waals surface area contributed by atoms with Gasteiger partial charge in [0.2, 0.25) is 0 Å². The maximum absolute atomic E-state index is 10.9. The molecule has 0 aliphatic heterocycles. The lowest BCUT2D eigenvalue weighted by Gasteiger charge is -2.36. The predicted octanol–water partition coefficient (Wildman–Crippen LogP) is 1.06. The van der Waals surface area contributed by atoms with Crippen molar-refractivity contribution in [3.05, 3.63) is 0 Å². The molecule has 0 saturated heterocycles. The number of hydrogen-bond donors (Lipinski definition) is 2. The van der Waals surface area contributed by atoms with Gasteiger partial charge in [-0.3, -0.25) is 14.3 Å². The minimum atomic E-state index is -4.47. The number of hydrogen-bond acceptors (Lipinski definition) is 4. The van der Waals surface area contributed by atoms with Crippen molar-refractivity contribution in [3.8, 4) is 0 Å². The molecule has 0 rings (SSSR count). The lowest BCUT2D eigenvalue weighted by Crippen LogP contribution is -2.49. The normalized spacial score (nSPS) is 13.1. The molecule has 0 aliphatic rings. The summed E-state index contributed by atoms with van der Waals surface area (Å²) in [5, 5.41) is 0. The molecule has 16 heavy (non-hydrogen) atoms. The van der Waals surface area contributed by atoms with Crippen LogP contribution in [-0.2, 0) is 9.09 Å². The minimum Gasteiger partial charge on any atom is -0.303 e. The minimum absolute atomic E-state index is 0.661. The Bertz CT molecular complexity index is 214. The molecule has 0 aromatic carbocycles. The highest BCUT2D eigenvalue weighted by atomic mass is 31.2. The van der Waals surface area contributed by atoms with Crippen LogP contribution < -0.4 is 0 Å². The van der Waals surface area contributed by atoms with Gasteiger partial charge in [0.05, 0.1) is 0 Å². The van der Waals surface area contributed by atoms with E-state index in [1.807, 2.05) is 37.5 Å². The lowest BCUT2D eigenvalue weighted by molar-refractivity contribution is -0.0974. The second kappa shape index (κ2) is 7.37. The molecule has 0 bridgehead atoms. The van der Waals surface area contributed by atoms with Gasteiger partial charge in [0.1, 0.15) is 0 Å². The van der Waals surface area contributed by atoms with E-state index in [-0.39, 0.29) is 0 Å². The predicted molar refractivity (Wildman–Crippen MR) is 62.8 cm³/mol. The Morgan fingerprint density at radius 3 is 1.50 bits per heavy atom. The van der Waals surface area contributed by atoms with E-state index in [4.69, 9.17) is 14.3 Å². The molecule has 0 radical (unpaired) electrons. The van der Waals surface area contributed by atoms with E-state index in [9.17, 15) is 4.57 Å². The molecule has 0 atom stereocenters. The Labute approximate surface area is 97.4 Å². The van der Waals surface area contributed by atoms with Crippen molar-refractivity contribution in [3.63, 3.8) is 0 Å². The molecule has 98 valence electrons. The zero-order chi connectivity index (χ0) is 12.8. The Hall–Kier alpha value is 0.0300. The van der Waals surface area contributed by atoms with Crippen LogP contribution in [0.5, 0.6) is 0 Å². The maximum atomic E-state index is 10.9. The largest absolute Gasteiger partial charge is 0.472 e. The van der Waals surface area contributed by atoms with Gasteiger partial charge in [-0.25, -0.2) is 4.57 Å². The van der Waals surface area contributed by atoms with Crippen molar-refractivity contribution < 1.29 is 18.9 Å². The summed E-state index contributed by atoms with van der Waals surface area (Å²) in [5.74, 6) is 0. The molecular formula is C9H23N2O4P. The van der Waals surface area contributed by atoms with Gasteiger partial charge in [-0.15, -0.1) is 0 Å². The summed E-state index contributed by atoms with van der Waals surface area (Å²) < 4.78 is 15.8. The van der Waals surface area contributed by atoms with E-state index < -0.39 is 14.2 Å². The molecule has 7 heteroatoms. The zero-order valence-electron chi connectivity index (χ0n) is 10.5. The Kier molecular flexibility index (Phi) is 7.39. The Morgan fingerprint density at radius 2 is 1.31 bits per heavy atom. The third-order valence-corrected chi connectivity index (χ3v) is 2.94. The molecule has 0 fully saturated rings.